The number of piperidine rings is 1. The maximum absolute atomic E-state index is 12.8. The van der Waals surface area contributed by atoms with E-state index in [0.29, 0.717) is 37.2 Å². The van der Waals surface area contributed by atoms with E-state index in [2.05, 4.69) is 5.32 Å². The zero-order valence-corrected chi connectivity index (χ0v) is 16.3. The molecule has 1 saturated heterocycles. The normalized spacial score (nSPS) is 16.1. The Hall–Kier alpha value is -2.38. The Bertz CT molecular complexity index is 902. The minimum atomic E-state index is -3.53. The highest BCUT2D eigenvalue weighted by Crippen LogP contribution is 2.23. The van der Waals surface area contributed by atoms with Gasteiger partial charge in [0.05, 0.1) is 12.0 Å². The topological polar surface area (TPSA) is 75.7 Å². The first-order valence-corrected chi connectivity index (χ1v) is 10.4. The summed E-state index contributed by atoms with van der Waals surface area (Å²) in [5.74, 6) is 0.502. The average molecular weight is 388 g/mol. The molecule has 1 aliphatic rings. The fraction of sp³-hybridized carbons (Fsp3) is 0.350. The quantitative estimate of drug-likeness (QED) is 0.854. The van der Waals surface area contributed by atoms with Gasteiger partial charge in [0.1, 0.15) is 5.75 Å². The van der Waals surface area contributed by atoms with Crippen molar-refractivity contribution in [2.75, 3.05) is 20.2 Å². The molecule has 0 atom stereocenters. The van der Waals surface area contributed by atoms with Gasteiger partial charge < -0.3 is 10.1 Å². The Labute approximate surface area is 160 Å². The zero-order chi connectivity index (χ0) is 19.4. The van der Waals surface area contributed by atoms with Crippen molar-refractivity contribution in [1.29, 1.82) is 0 Å². The number of ether oxygens (including phenoxy) is 1. The van der Waals surface area contributed by atoms with Gasteiger partial charge in [-0.05, 0) is 56.2 Å². The zero-order valence-electron chi connectivity index (χ0n) is 15.5. The summed E-state index contributed by atoms with van der Waals surface area (Å²) in [6.07, 6.45) is 1.18. The lowest BCUT2D eigenvalue weighted by molar-refractivity contribution is 0.0923. The van der Waals surface area contributed by atoms with Crippen LogP contribution in [0, 0.1) is 6.92 Å². The van der Waals surface area contributed by atoms with Crippen molar-refractivity contribution >= 4 is 15.9 Å². The second kappa shape index (κ2) is 8.10. The summed E-state index contributed by atoms with van der Waals surface area (Å²) in [7, 11) is -1.99. The van der Waals surface area contributed by atoms with Crippen LogP contribution in [0.15, 0.2) is 53.4 Å². The molecule has 2 aromatic rings. The molecule has 6 nitrogen and oxygen atoms in total. The van der Waals surface area contributed by atoms with Crippen LogP contribution in [0.5, 0.6) is 5.75 Å². The lowest BCUT2D eigenvalue weighted by Gasteiger charge is -2.31. The predicted molar refractivity (Wildman–Crippen MR) is 103 cm³/mol. The average Bonchev–Trinajstić information content (AvgIpc) is 2.68. The van der Waals surface area contributed by atoms with Gasteiger partial charge in [0, 0.05) is 24.7 Å². The summed E-state index contributed by atoms with van der Waals surface area (Å²) in [4.78, 5) is 12.6. The van der Waals surface area contributed by atoms with Crippen LogP contribution in [0.25, 0.3) is 0 Å². The molecule has 0 aromatic heterocycles. The summed E-state index contributed by atoms with van der Waals surface area (Å²) < 4.78 is 32.1. The summed E-state index contributed by atoms with van der Waals surface area (Å²) in [6, 6.07) is 13.8. The lowest BCUT2D eigenvalue weighted by atomic mass is 10.1. The summed E-state index contributed by atoms with van der Waals surface area (Å²) >= 11 is 0. The molecule has 0 spiro atoms. The minimum absolute atomic E-state index is 0.0275. The maximum Gasteiger partial charge on any atom is 0.251 e. The Balaban J connectivity index is 1.60. The number of benzene rings is 2. The molecule has 1 aliphatic heterocycles. The molecular formula is C20H24N2O4S. The van der Waals surface area contributed by atoms with E-state index >= 15 is 0 Å². The highest BCUT2D eigenvalue weighted by Gasteiger charge is 2.30. The first-order chi connectivity index (χ1) is 12.9. The fourth-order valence-electron chi connectivity index (χ4n) is 3.19. The van der Waals surface area contributed by atoms with Crippen LogP contribution in [0.1, 0.15) is 28.8 Å². The molecule has 1 heterocycles. The number of hydrogen-bond donors (Lipinski definition) is 1. The number of aryl methyl sites for hydroxylation is 1. The van der Waals surface area contributed by atoms with Gasteiger partial charge in [0.15, 0.2) is 0 Å². The van der Waals surface area contributed by atoms with Gasteiger partial charge in [0.2, 0.25) is 10.0 Å². The molecule has 0 radical (unpaired) electrons. The number of rotatable bonds is 5. The van der Waals surface area contributed by atoms with Gasteiger partial charge >= 0.3 is 0 Å². The second-order valence-electron chi connectivity index (χ2n) is 6.70. The van der Waals surface area contributed by atoms with Crippen LogP contribution in [-0.4, -0.2) is 44.9 Å². The third-order valence-electron chi connectivity index (χ3n) is 4.77. The van der Waals surface area contributed by atoms with Crippen LogP contribution >= 0.6 is 0 Å². The maximum atomic E-state index is 12.8. The number of amides is 1. The van der Waals surface area contributed by atoms with Crippen molar-refractivity contribution in [1.82, 2.24) is 9.62 Å². The van der Waals surface area contributed by atoms with Crippen molar-refractivity contribution in [3.05, 3.63) is 59.7 Å². The van der Waals surface area contributed by atoms with Crippen LogP contribution in [-0.2, 0) is 10.0 Å². The van der Waals surface area contributed by atoms with E-state index < -0.39 is 10.0 Å². The molecule has 0 bridgehead atoms. The van der Waals surface area contributed by atoms with Gasteiger partial charge in [0.25, 0.3) is 5.91 Å². The van der Waals surface area contributed by atoms with E-state index in [-0.39, 0.29) is 16.8 Å². The number of nitrogens with zero attached hydrogens (tertiary/aromatic N) is 1. The van der Waals surface area contributed by atoms with Crippen LogP contribution in [0.2, 0.25) is 0 Å². The van der Waals surface area contributed by atoms with E-state index in [4.69, 9.17) is 4.74 Å². The van der Waals surface area contributed by atoms with Gasteiger partial charge in [-0.25, -0.2) is 8.42 Å². The Kier molecular flexibility index (Phi) is 5.82. The molecule has 0 saturated carbocycles. The molecule has 7 heteroatoms. The molecule has 144 valence electrons. The Morgan fingerprint density at radius 2 is 1.78 bits per heavy atom. The van der Waals surface area contributed by atoms with Crippen LogP contribution < -0.4 is 10.1 Å². The first kappa shape index (κ1) is 19.4. The Morgan fingerprint density at radius 1 is 1.11 bits per heavy atom. The molecule has 3 rings (SSSR count). The summed E-state index contributed by atoms with van der Waals surface area (Å²) in [5.41, 5.74) is 1.66. The molecule has 1 fully saturated rings. The molecule has 1 N–H and O–H groups in total. The van der Waals surface area contributed by atoms with Gasteiger partial charge in [-0.1, -0.05) is 17.7 Å². The number of sulfonamides is 1. The van der Waals surface area contributed by atoms with Crippen molar-refractivity contribution in [3.63, 3.8) is 0 Å². The standard InChI is InChI=1S/C20H24N2O4S/c1-15-4-3-5-16(14-15)20(23)21-17-10-12-22(13-11-17)27(24,25)19-8-6-18(26-2)7-9-19/h3-9,14,17H,10-13H2,1-2H3,(H,21,23). The van der Waals surface area contributed by atoms with E-state index in [0.717, 1.165) is 5.56 Å². The fourth-order valence-corrected chi connectivity index (χ4v) is 4.66. The van der Waals surface area contributed by atoms with Gasteiger partial charge in [-0.15, -0.1) is 0 Å². The minimum Gasteiger partial charge on any atom is -0.497 e. The Morgan fingerprint density at radius 3 is 2.37 bits per heavy atom. The van der Waals surface area contributed by atoms with Crippen LogP contribution in [0.3, 0.4) is 0 Å². The van der Waals surface area contributed by atoms with Gasteiger partial charge in [-0.3, -0.25) is 4.79 Å². The van der Waals surface area contributed by atoms with Crippen molar-refractivity contribution in [2.24, 2.45) is 0 Å². The highest BCUT2D eigenvalue weighted by molar-refractivity contribution is 7.89. The molecule has 2 aromatic carbocycles. The van der Waals surface area contributed by atoms with Crippen molar-refractivity contribution < 1.29 is 17.9 Å². The van der Waals surface area contributed by atoms with Crippen LogP contribution in [0.4, 0.5) is 0 Å². The SMILES string of the molecule is COc1ccc(S(=O)(=O)N2CCC(NC(=O)c3cccc(C)c3)CC2)cc1. The molecule has 0 aliphatic carbocycles. The van der Waals surface area contributed by atoms with E-state index in [1.807, 2.05) is 25.1 Å². The molecule has 0 unspecified atom stereocenters. The van der Waals surface area contributed by atoms with Crippen molar-refractivity contribution in [2.45, 2.75) is 30.7 Å². The number of carbonyl (C=O) groups is 1. The summed E-state index contributed by atoms with van der Waals surface area (Å²) in [5, 5.41) is 3.01. The highest BCUT2D eigenvalue weighted by atomic mass is 32.2. The number of methoxy groups -OCH3 is 1. The van der Waals surface area contributed by atoms with E-state index in [1.54, 1.807) is 37.4 Å². The smallest absolute Gasteiger partial charge is 0.251 e. The van der Waals surface area contributed by atoms with Gasteiger partial charge in [-0.2, -0.15) is 4.31 Å². The first-order valence-electron chi connectivity index (χ1n) is 8.92. The monoisotopic (exact) mass is 388 g/mol. The van der Waals surface area contributed by atoms with E-state index in [1.165, 1.54) is 4.31 Å². The molecule has 27 heavy (non-hydrogen) atoms. The van der Waals surface area contributed by atoms with Crippen molar-refractivity contribution in [3.8, 4) is 5.75 Å². The van der Waals surface area contributed by atoms with E-state index in [9.17, 15) is 13.2 Å². The lowest BCUT2D eigenvalue weighted by Crippen LogP contribution is -2.46. The number of nitrogens with one attached hydrogen (secondary N) is 1. The number of hydrogen-bond acceptors (Lipinski definition) is 4. The molecule has 1 amide bonds. The third kappa shape index (κ3) is 4.48. The number of carbonyl (C=O) groups excluding carboxylic acids is 1. The third-order valence-corrected chi connectivity index (χ3v) is 6.68. The predicted octanol–water partition coefficient (Wildman–Crippen LogP) is 2.59. The molecular weight excluding hydrogens is 364 g/mol. The summed E-state index contributed by atoms with van der Waals surface area (Å²) in [6.45, 7) is 2.71. The second-order valence-corrected chi connectivity index (χ2v) is 8.63. The largest absolute Gasteiger partial charge is 0.497 e.